The van der Waals surface area contributed by atoms with Crippen LogP contribution < -0.4 is 0 Å². The Morgan fingerprint density at radius 1 is 1.09 bits per heavy atom. The van der Waals surface area contributed by atoms with Gasteiger partial charge in [-0.25, -0.2) is 8.42 Å². The first-order valence-electron chi connectivity index (χ1n) is 7.34. The van der Waals surface area contributed by atoms with Crippen LogP contribution >= 0.6 is 0 Å². The number of hydrogen-bond acceptors (Lipinski definition) is 6. The van der Waals surface area contributed by atoms with Gasteiger partial charge < -0.3 is 9.47 Å². The van der Waals surface area contributed by atoms with Crippen LogP contribution in [0.15, 0.2) is 29.2 Å². The minimum atomic E-state index is -4.01. The minimum absolute atomic E-state index is 0.106. The third-order valence-corrected chi connectivity index (χ3v) is 5.00. The topological polar surface area (TPSA) is 99.0 Å². The van der Waals surface area contributed by atoms with E-state index >= 15 is 0 Å². The van der Waals surface area contributed by atoms with Gasteiger partial charge in [-0.05, 0) is 19.9 Å². The number of para-hydroxylation sites is 1. The molecule has 0 saturated heterocycles. The zero-order chi connectivity index (χ0) is 17.3. The molecular weight excluding hydrogens is 324 g/mol. The van der Waals surface area contributed by atoms with E-state index in [0.717, 1.165) is 4.31 Å². The molecule has 0 N–H and O–H groups in total. The first-order chi connectivity index (χ1) is 10.9. The van der Waals surface area contributed by atoms with E-state index in [9.17, 15) is 18.5 Å². The van der Waals surface area contributed by atoms with Crippen molar-refractivity contribution in [1.29, 1.82) is 0 Å². The third kappa shape index (κ3) is 5.54. The molecule has 8 nitrogen and oxygen atoms in total. The Balaban J connectivity index is 3.08. The van der Waals surface area contributed by atoms with E-state index in [4.69, 9.17) is 9.47 Å². The zero-order valence-corrected chi connectivity index (χ0v) is 14.1. The molecule has 0 fully saturated rings. The van der Waals surface area contributed by atoms with Gasteiger partial charge >= 0.3 is 0 Å². The number of nitro benzene ring substituents is 1. The highest BCUT2D eigenvalue weighted by atomic mass is 32.2. The first kappa shape index (κ1) is 19.5. The number of sulfonamides is 1. The Hall–Kier alpha value is -1.55. The maximum atomic E-state index is 12.8. The zero-order valence-electron chi connectivity index (χ0n) is 13.3. The van der Waals surface area contributed by atoms with Crippen molar-refractivity contribution in [3.63, 3.8) is 0 Å². The van der Waals surface area contributed by atoms with Crippen molar-refractivity contribution in [1.82, 2.24) is 4.31 Å². The maximum absolute atomic E-state index is 12.8. The highest BCUT2D eigenvalue weighted by molar-refractivity contribution is 7.89. The molecule has 130 valence electrons. The van der Waals surface area contributed by atoms with Gasteiger partial charge in [0, 0.05) is 32.4 Å². The van der Waals surface area contributed by atoms with E-state index in [1.165, 1.54) is 24.3 Å². The molecular formula is C14H22N2O6S. The Labute approximate surface area is 136 Å². The van der Waals surface area contributed by atoms with Crippen molar-refractivity contribution < 1.29 is 22.8 Å². The van der Waals surface area contributed by atoms with E-state index in [2.05, 4.69) is 0 Å². The molecule has 0 aliphatic carbocycles. The predicted molar refractivity (Wildman–Crippen MR) is 84.8 cm³/mol. The van der Waals surface area contributed by atoms with Crippen molar-refractivity contribution in [3.8, 4) is 0 Å². The van der Waals surface area contributed by atoms with Gasteiger partial charge in [0.2, 0.25) is 10.0 Å². The summed E-state index contributed by atoms with van der Waals surface area (Å²) >= 11 is 0. The molecule has 0 saturated carbocycles. The number of benzene rings is 1. The number of ether oxygens (including phenoxy) is 2. The van der Waals surface area contributed by atoms with Gasteiger partial charge in [0.1, 0.15) is 0 Å². The second-order valence-corrected chi connectivity index (χ2v) is 6.43. The fourth-order valence-corrected chi connectivity index (χ4v) is 3.50. The standard InChI is InChI=1S/C14H22N2O6S/c1-3-21-11-9-15(10-12-22-4-2)23(19,20)14-8-6-5-7-13(14)16(17)18/h5-8H,3-4,9-12H2,1-2H3. The van der Waals surface area contributed by atoms with Gasteiger partial charge in [-0.2, -0.15) is 4.31 Å². The molecule has 0 radical (unpaired) electrons. The van der Waals surface area contributed by atoms with Gasteiger partial charge in [-0.1, -0.05) is 12.1 Å². The average molecular weight is 346 g/mol. The van der Waals surface area contributed by atoms with Crippen LogP contribution in [0.1, 0.15) is 13.8 Å². The molecule has 1 aromatic carbocycles. The van der Waals surface area contributed by atoms with Gasteiger partial charge in [0.05, 0.1) is 18.1 Å². The molecule has 0 bridgehead atoms. The highest BCUT2D eigenvalue weighted by Gasteiger charge is 2.30. The normalized spacial score (nSPS) is 11.8. The Kier molecular flexibility index (Phi) is 8.10. The van der Waals surface area contributed by atoms with Crippen LogP contribution in [0.4, 0.5) is 5.69 Å². The first-order valence-corrected chi connectivity index (χ1v) is 8.78. The fraction of sp³-hybridized carbons (Fsp3) is 0.571. The summed E-state index contributed by atoms with van der Waals surface area (Å²) in [4.78, 5) is 10.1. The monoisotopic (exact) mass is 346 g/mol. The van der Waals surface area contributed by atoms with Crippen LogP contribution in [-0.2, 0) is 19.5 Å². The highest BCUT2D eigenvalue weighted by Crippen LogP contribution is 2.26. The van der Waals surface area contributed by atoms with Crippen molar-refractivity contribution >= 4 is 15.7 Å². The number of rotatable bonds is 11. The van der Waals surface area contributed by atoms with Crippen LogP contribution in [0.25, 0.3) is 0 Å². The minimum Gasteiger partial charge on any atom is -0.380 e. The molecule has 1 rings (SSSR count). The second kappa shape index (κ2) is 9.56. The molecule has 1 aromatic rings. The Morgan fingerprint density at radius 2 is 1.61 bits per heavy atom. The summed E-state index contributed by atoms with van der Waals surface area (Å²) in [6, 6.07) is 5.31. The van der Waals surface area contributed by atoms with E-state index in [0.29, 0.717) is 13.2 Å². The van der Waals surface area contributed by atoms with E-state index in [1.54, 1.807) is 13.8 Å². The van der Waals surface area contributed by atoms with Gasteiger partial charge in [-0.3, -0.25) is 10.1 Å². The summed E-state index contributed by atoms with van der Waals surface area (Å²) in [6.07, 6.45) is 0. The molecule has 0 heterocycles. The number of nitro groups is 1. The molecule has 0 unspecified atom stereocenters. The van der Waals surface area contributed by atoms with Crippen LogP contribution in [0.3, 0.4) is 0 Å². The third-order valence-electron chi connectivity index (χ3n) is 3.06. The largest absolute Gasteiger partial charge is 0.380 e. The molecule has 0 aliphatic rings. The molecule has 0 amide bonds. The second-order valence-electron chi connectivity index (χ2n) is 4.52. The van der Waals surface area contributed by atoms with Crippen LogP contribution in [0.2, 0.25) is 0 Å². The lowest BCUT2D eigenvalue weighted by Crippen LogP contribution is -2.37. The summed E-state index contributed by atoms with van der Waals surface area (Å²) in [5.74, 6) is 0. The molecule has 0 spiro atoms. The number of hydrogen-bond donors (Lipinski definition) is 0. The summed E-state index contributed by atoms with van der Waals surface area (Å²) in [5.41, 5.74) is -0.440. The van der Waals surface area contributed by atoms with Gasteiger partial charge in [-0.15, -0.1) is 0 Å². The van der Waals surface area contributed by atoms with Crippen LogP contribution in [0.5, 0.6) is 0 Å². The van der Waals surface area contributed by atoms with Gasteiger partial charge in [0.15, 0.2) is 4.90 Å². The van der Waals surface area contributed by atoms with Crippen molar-refractivity contribution in [3.05, 3.63) is 34.4 Å². The molecule has 0 aliphatic heterocycles. The van der Waals surface area contributed by atoms with E-state index < -0.39 is 20.6 Å². The van der Waals surface area contributed by atoms with Crippen LogP contribution in [-0.4, -0.2) is 57.2 Å². The van der Waals surface area contributed by atoms with E-state index in [-0.39, 0.29) is 31.2 Å². The molecule has 0 atom stereocenters. The van der Waals surface area contributed by atoms with Crippen LogP contribution in [0, 0.1) is 10.1 Å². The Morgan fingerprint density at radius 3 is 2.09 bits per heavy atom. The van der Waals surface area contributed by atoms with E-state index in [1.807, 2.05) is 0 Å². The maximum Gasteiger partial charge on any atom is 0.289 e. The quantitative estimate of drug-likeness (QED) is 0.343. The van der Waals surface area contributed by atoms with Crippen molar-refractivity contribution in [2.24, 2.45) is 0 Å². The summed E-state index contributed by atoms with van der Waals surface area (Å²) in [5, 5.41) is 11.1. The molecule has 23 heavy (non-hydrogen) atoms. The number of nitrogens with zero attached hydrogens (tertiary/aromatic N) is 2. The van der Waals surface area contributed by atoms with Crippen molar-refractivity contribution in [2.45, 2.75) is 18.7 Å². The summed E-state index contributed by atoms with van der Waals surface area (Å²) < 4.78 is 37.1. The lowest BCUT2D eigenvalue weighted by molar-refractivity contribution is -0.387. The molecule has 0 aromatic heterocycles. The lowest BCUT2D eigenvalue weighted by atomic mass is 10.3. The summed E-state index contributed by atoms with van der Waals surface area (Å²) in [6.45, 7) is 5.17. The SMILES string of the molecule is CCOCCN(CCOCC)S(=O)(=O)c1ccccc1[N+](=O)[O-]. The Bertz CT molecular complexity index is 595. The smallest absolute Gasteiger partial charge is 0.289 e. The summed E-state index contributed by atoms with van der Waals surface area (Å²) in [7, 11) is -4.01. The molecule has 9 heteroatoms. The fourth-order valence-electron chi connectivity index (χ4n) is 1.94. The predicted octanol–water partition coefficient (Wildman–Crippen LogP) is 1.66. The lowest BCUT2D eigenvalue weighted by Gasteiger charge is -2.21. The van der Waals surface area contributed by atoms with Crippen molar-refractivity contribution in [2.75, 3.05) is 39.5 Å². The average Bonchev–Trinajstić information content (AvgIpc) is 2.53. The van der Waals surface area contributed by atoms with Gasteiger partial charge in [0.25, 0.3) is 5.69 Å².